The second-order valence-electron chi connectivity index (χ2n) is 8.06. The Labute approximate surface area is 215 Å². The molecule has 1 fully saturated rings. The van der Waals surface area contributed by atoms with Gasteiger partial charge >= 0.3 is 0 Å². The molecule has 194 valence electrons. The van der Waals surface area contributed by atoms with E-state index < -0.39 is 15.9 Å². The summed E-state index contributed by atoms with van der Waals surface area (Å²) in [7, 11) is -0.878. The fraction of sp³-hybridized carbons (Fsp3) is 0.231. The van der Waals surface area contributed by atoms with Crippen LogP contribution in [0, 0.1) is 0 Å². The molecule has 0 spiro atoms. The van der Waals surface area contributed by atoms with Crippen LogP contribution in [0.15, 0.2) is 71.6 Å². The van der Waals surface area contributed by atoms with Crippen LogP contribution in [0.1, 0.15) is 20.7 Å². The van der Waals surface area contributed by atoms with Gasteiger partial charge in [0.05, 0.1) is 43.6 Å². The molecule has 0 aromatic heterocycles. The lowest BCUT2D eigenvalue weighted by Gasteiger charge is -2.26. The van der Waals surface area contributed by atoms with Gasteiger partial charge in [-0.15, -0.1) is 0 Å². The molecule has 37 heavy (non-hydrogen) atoms. The molecule has 1 saturated heterocycles. The number of hydrogen-bond acceptors (Lipinski definition) is 7. The van der Waals surface area contributed by atoms with Crippen molar-refractivity contribution in [3.05, 3.63) is 77.9 Å². The van der Waals surface area contributed by atoms with E-state index in [2.05, 4.69) is 10.6 Å². The largest absolute Gasteiger partial charge is 0.496 e. The van der Waals surface area contributed by atoms with E-state index in [1.54, 1.807) is 48.5 Å². The molecule has 10 nitrogen and oxygen atoms in total. The molecule has 1 aliphatic heterocycles. The molecule has 0 radical (unpaired) electrons. The summed E-state index contributed by atoms with van der Waals surface area (Å²) in [4.78, 5) is 25.7. The zero-order valence-electron chi connectivity index (χ0n) is 20.4. The van der Waals surface area contributed by atoms with E-state index in [-0.39, 0.29) is 35.2 Å². The van der Waals surface area contributed by atoms with Crippen molar-refractivity contribution < 1.29 is 32.2 Å². The number of carbonyl (C=O) groups is 2. The van der Waals surface area contributed by atoms with Gasteiger partial charge < -0.3 is 24.8 Å². The van der Waals surface area contributed by atoms with Gasteiger partial charge in [0.1, 0.15) is 11.5 Å². The lowest BCUT2D eigenvalue weighted by molar-refractivity contribution is 0.0730. The summed E-state index contributed by atoms with van der Waals surface area (Å²) in [6.07, 6.45) is 0. The molecular formula is C26H27N3O7S. The maximum absolute atomic E-state index is 13.1. The number of methoxy groups -OCH3 is 2. The van der Waals surface area contributed by atoms with Crippen molar-refractivity contribution in [2.45, 2.75) is 4.90 Å². The number of para-hydroxylation sites is 2. The molecule has 3 aromatic rings. The highest BCUT2D eigenvalue weighted by molar-refractivity contribution is 7.89. The Balaban J connectivity index is 1.49. The van der Waals surface area contributed by atoms with Crippen LogP contribution >= 0.6 is 0 Å². The number of ether oxygens (including phenoxy) is 3. The Morgan fingerprint density at radius 3 is 2.19 bits per heavy atom. The topological polar surface area (TPSA) is 123 Å². The second kappa shape index (κ2) is 11.4. The molecule has 0 bridgehead atoms. The van der Waals surface area contributed by atoms with Crippen LogP contribution < -0.4 is 20.1 Å². The van der Waals surface area contributed by atoms with E-state index in [1.165, 1.54) is 36.7 Å². The first-order valence-electron chi connectivity index (χ1n) is 11.4. The van der Waals surface area contributed by atoms with Gasteiger partial charge in [-0.25, -0.2) is 8.42 Å². The molecule has 1 heterocycles. The average molecular weight is 526 g/mol. The van der Waals surface area contributed by atoms with Crippen LogP contribution in [-0.2, 0) is 14.8 Å². The van der Waals surface area contributed by atoms with Crippen LogP contribution in [-0.4, -0.2) is 65.1 Å². The van der Waals surface area contributed by atoms with Crippen LogP contribution in [0.3, 0.4) is 0 Å². The summed E-state index contributed by atoms with van der Waals surface area (Å²) >= 11 is 0. The van der Waals surface area contributed by atoms with Crippen molar-refractivity contribution in [3.8, 4) is 11.5 Å². The SMILES string of the molecule is COc1ccccc1NC(=O)c1ccc(NC(=O)c2cc(S(=O)(=O)N3CCOCC3)ccc2OC)cc1. The number of anilines is 2. The van der Waals surface area contributed by atoms with Gasteiger partial charge in [0.15, 0.2) is 0 Å². The zero-order chi connectivity index (χ0) is 26.4. The monoisotopic (exact) mass is 525 g/mol. The third-order valence-corrected chi connectivity index (χ3v) is 7.68. The van der Waals surface area contributed by atoms with Crippen LogP contribution in [0.5, 0.6) is 11.5 Å². The van der Waals surface area contributed by atoms with E-state index in [0.717, 1.165) is 0 Å². The second-order valence-corrected chi connectivity index (χ2v) is 10.0. The van der Waals surface area contributed by atoms with Crippen molar-refractivity contribution in [2.24, 2.45) is 0 Å². The van der Waals surface area contributed by atoms with Crippen LogP contribution in [0.2, 0.25) is 0 Å². The number of nitrogens with zero attached hydrogens (tertiary/aromatic N) is 1. The summed E-state index contributed by atoms with van der Waals surface area (Å²) in [5.74, 6) is -0.134. The molecule has 11 heteroatoms. The minimum Gasteiger partial charge on any atom is -0.496 e. The Hall–Kier alpha value is -3.93. The van der Waals surface area contributed by atoms with Crippen molar-refractivity contribution in [1.82, 2.24) is 4.31 Å². The Morgan fingerprint density at radius 2 is 1.51 bits per heavy atom. The molecular weight excluding hydrogens is 498 g/mol. The van der Waals surface area contributed by atoms with Gasteiger partial charge in [0.25, 0.3) is 11.8 Å². The number of sulfonamides is 1. The smallest absolute Gasteiger partial charge is 0.259 e. The normalized spacial score (nSPS) is 14.0. The van der Waals surface area contributed by atoms with Crippen molar-refractivity contribution in [3.63, 3.8) is 0 Å². The van der Waals surface area contributed by atoms with Crippen LogP contribution in [0.25, 0.3) is 0 Å². The number of hydrogen-bond donors (Lipinski definition) is 2. The molecule has 2 amide bonds. The predicted octanol–water partition coefficient (Wildman–Crippen LogP) is 3.23. The van der Waals surface area contributed by atoms with Gasteiger partial charge in [0.2, 0.25) is 10.0 Å². The third kappa shape index (κ3) is 5.91. The highest BCUT2D eigenvalue weighted by atomic mass is 32.2. The molecule has 3 aromatic carbocycles. The Bertz CT molecular complexity index is 1390. The molecule has 0 saturated carbocycles. The van der Waals surface area contributed by atoms with Crippen molar-refractivity contribution >= 4 is 33.2 Å². The quantitative estimate of drug-likeness (QED) is 0.463. The summed E-state index contributed by atoms with van der Waals surface area (Å²) < 4.78 is 43.2. The van der Waals surface area contributed by atoms with E-state index >= 15 is 0 Å². The van der Waals surface area contributed by atoms with E-state index in [9.17, 15) is 18.0 Å². The number of amides is 2. The number of benzene rings is 3. The van der Waals surface area contributed by atoms with Crippen molar-refractivity contribution in [1.29, 1.82) is 0 Å². The number of carbonyl (C=O) groups excluding carboxylic acids is 2. The standard InChI is InChI=1S/C26H27N3O7S/c1-34-23-12-11-20(37(32,33)29-13-15-36-16-14-29)17-21(23)26(31)27-19-9-7-18(8-10-19)25(30)28-22-5-3-4-6-24(22)35-2/h3-12,17H,13-16H2,1-2H3,(H,27,31)(H,28,30). The highest BCUT2D eigenvalue weighted by Crippen LogP contribution is 2.27. The molecule has 0 unspecified atom stereocenters. The Kier molecular flexibility index (Phi) is 8.07. The van der Waals surface area contributed by atoms with E-state index in [1.807, 2.05) is 0 Å². The number of morpholine rings is 1. The minimum absolute atomic E-state index is 0.0105. The summed E-state index contributed by atoms with van der Waals surface area (Å²) in [6.45, 7) is 1.12. The number of rotatable bonds is 8. The summed E-state index contributed by atoms with van der Waals surface area (Å²) in [5, 5.41) is 5.52. The predicted molar refractivity (Wildman–Crippen MR) is 138 cm³/mol. The van der Waals surface area contributed by atoms with Gasteiger partial charge in [-0.2, -0.15) is 4.31 Å². The van der Waals surface area contributed by atoms with E-state index in [0.29, 0.717) is 35.9 Å². The lowest BCUT2D eigenvalue weighted by Crippen LogP contribution is -2.40. The zero-order valence-corrected chi connectivity index (χ0v) is 21.2. The van der Waals surface area contributed by atoms with E-state index in [4.69, 9.17) is 14.2 Å². The average Bonchev–Trinajstić information content (AvgIpc) is 2.93. The fourth-order valence-electron chi connectivity index (χ4n) is 3.81. The minimum atomic E-state index is -3.80. The summed E-state index contributed by atoms with van der Waals surface area (Å²) in [6, 6.07) is 17.5. The highest BCUT2D eigenvalue weighted by Gasteiger charge is 2.28. The van der Waals surface area contributed by atoms with Gasteiger partial charge in [-0.1, -0.05) is 12.1 Å². The number of nitrogens with one attached hydrogen (secondary N) is 2. The Morgan fingerprint density at radius 1 is 0.838 bits per heavy atom. The van der Waals surface area contributed by atoms with Gasteiger partial charge in [-0.3, -0.25) is 9.59 Å². The molecule has 1 aliphatic rings. The van der Waals surface area contributed by atoms with Gasteiger partial charge in [-0.05, 0) is 54.6 Å². The summed E-state index contributed by atoms with van der Waals surface area (Å²) in [5.41, 5.74) is 1.39. The van der Waals surface area contributed by atoms with Crippen molar-refractivity contribution in [2.75, 3.05) is 51.2 Å². The molecule has 2 N–H and O–H groups in total. The van der Waals surface area contributed by atoms with Crippen LogP contribution in [0.4, 0.5) is 11.4 Å². The first-order chi connectivity index (χ1) is 17.8. The first kappa shape index (κ1) is 26.1. The molecule has 0 atom stereocenters. The fourth-order valence-corrected chi connectivity index (χ4v) is 5.24. The third-order valence-electron chi connectivity index (χ3n) is 5.78. The maximum Gasteiger partial charge on any atom is 0.259 e. The van der Waals surface area contributed by atoms with Gasteiger partial charge in [0, 0.05) is 24.3 Å². The molecule has 4 rings (SSSR count). The maximum atomic E-state index is 13.1. The molecule has 0 aliphatic carbocycles. The first-order valence-corrected chi connectivity index (χ1v) is 12.9. The lowest BCUT2D eigenvalue weighted by atomic mass is 10.1.